The average molecular weight is 286 g/mol. The highest BCUT2D eigenvalue weighted by Gasteiger charge is 2.41. The summed E-state index contributed by atoms with van der Waals surface area (Å²) in [5, 5.41) is 7.73. The molecule has 0 bridgehead atoms. The molecule has 2 aromatic rings. The third-order valence-electron chi connectivity index (χ3n) is 4.24. The number of hydrogen-bond acceptors (Lipinski definition) is 4. The number of ether oxygens (including phenoxy) is 1. The Kier molecular flexibility index (Phi) is 3.29. The predicted octanol–water partition coefficient (Wildman–Crippen LogP) is 3.85. The summed E-state index contributed by atoms with van der Waals surface area (Å²) in [5.41, 5.74) is 3.01. The molecule has 0 radical (unpaired) electrons. The number of aryl methyl sites for hydroxylation is 2. The van der Waals surface area contributed by atoms with Crippen molar-refractivity contribution in [3.63, 3.8) is 0 Å². The molecule has 0 aliphatic carbocycles. The molecule has 0 amide bonds. The van der Waals surface area contributed by atoms with Gasteiger partial charge in [0.1, 0.15) is 17.1 Å². The van der Waals surface area contributed by atoms with Crippen LogP contribution in [0.3, 0.4) is 0 Å². The zero-order valence-corrected chi connectivity index (χ0v) is 13.2. The SMILES string of the molecule is Cc1noc(C)c1C(C)NC1c2ccccc2OC1(C)C. The number of benzene rings is 1. The molecule has 21 heavy (non-hydrogen) atoms. The first-order chi connectivity index (χ1) is 9.90. The Morgan fingerprint density at radius 2 is 1.95 bits per heavy atom. The van der Waals surface area contributed by atoms with Crippen LogP contribution in [0.15, 0.2) is 28.8 Å². The number of fused-ring (bicyclic) bond motifs is 1. The van der Waals surface area contributed by atoms with Crippen LogP contribution in [0.25, 0.3) is 0 Å². The molecular weight excluding hydrogens is 264 g/mol. The molecular formula is C17H22N2O2. The molecule has 2 atom stereocenters. The Hall–Kier alpha value is -1.81. The molecule has 1 N–H and O–H groups in total. The van der Waals surface area contributed by atoms with Gasteiger partial charge in [-0.05, 0) is 40.7 Å². The van der Waals surface area contributed by atoms with E-state index in [1.54, 1.807) is 0 Å². The van der Waals surface area contributed by atoms with E-state index >= 15 is 0 Å². The first kappa shape index (κ1) is 14.1. The predicted molar refractivity (Wildman–Crippen MR) is 81.4 cm³/mol. The average Bonchev–Trinajstić information content (AvgIpc) is 2.87. The van der Waals surface area contributed by atoms with Crippen LogP contribution in [0.5, 0.6) is 5.75 Å². The maximum atomic E-state index is 6.08. The van der Waals surface area contributed by atoms with E-state index < -0.39 is 0 Å². The fourth-order valence-corrected chi connectivity index (χ4v) is 3.26. The van der Waals surface area contributed by atoms with Gasteiger partial charge in [-0.2, -0.15) is 0 Å². The highest BCUT2D eigenvalue weighted by atomic mass is 16.5. The van der Waals surface area contributed by atoms with Gasteiger partial charge in [0.2, 0.25) is 0 Å². The zero-order chi connectivity index (χ0) is 15.2. The van der Waals surface area contributed by atoms with Gasteiger partial charge in [-0.1, -0.05) is 23.4 Å². The van der Waals surface area contributed by atoms with Gasteiger partial charge < -0.3 is 9.26 Å². The number of nitrogens with zero attached hydrogens (tertiary/aromatic N) is 1. The summed E-state index contributed by atoms with van der Waals surface area (Å²) in [5.74, 6) is 1.84. The lowest BCUT2D eigenvalue weighted by Gasteiger charge is -2.30. The van der Waals surface area contributed by atoms with Crippen molar-refractivity contribution in [1.82, 2.24) is 10.5 Å². The first-order valence-corrected chi connectivity index (χ1v) is 7.37. The summed E-state index contributed by atoms with van der Waals surface area (Å²) < 4.78 is 11.4. The molecule has 0 saturated carbocycles. The molecule has 1 aliphatic rings. The maximum Gasteiger partial charge on any atom is 0.138 e. The van der Waals surface area contributed by atoms with Crippen molar-refractivity contribution in [3.05, 3.63) is 46.8 Å². The van der Waals surface area contributed by atoms with Gasteiger partial charge in [-0.15, -0.1) is 0 Å². The first-order valence-electron chi connectivity index (χ1n) is 7.37. The van der Waals surface area contributed by atoms with Crippen LogP contribution in [0.4, 0.5) is 0 Å². The van der Waals surface area contributed by atoms with E-state index in [4.69, 9.17) is 9.26 Å². The quantitative estimate of drug-likeness (QED) is 0.931. The van der Waals surface area contributed by atoms with Gasteiger partial charge in [0.05, 0.1) is 11.7 Å². The summed E-state index contributed by atoms with van der Waals surface area (Å²) in [4.78, 5) is 0. The number of para-hydroxylation sites is 1. The fourth-order valence-electron chi connectivity index (χ4n) is 3.26. The third kappa shape index (κ3) is 2.33. The molecule has 0 fully saturated rings. The lowest BCUT2D eigenvalue weighted by molar-refractivity contribution is 0.0918. The van der Waals surface area contributed by atoms with Crippen LogP contribution in [0.2, 0.25) is 0 Å². The Morgan fingerprint density at radius 1 is 1.24 bits per heavy atom. The van der Waals surface area contributed by atoms with Crippen molar-refractivity contribution in [2.75, 3.05) is 0 Å². The Bertz CT molecular complexity index is 641. The minimum atomic E-state index is -0.281. The summed E-state index contributed by atoms with van der Waals surface area (Å²) >= 11 is 0. The zero-order valence-electron chi connectivity index (χ0n) is 13.2. The molecule has 0 saturated heterocycles. The van der Waals surface area contributed by atoms with Crippen LogP contribution in [-0.2, 0) is 0 Å². The van der Waals surface area contributed by atoms with Crippen molar-refractivity contribution in [3.8, 4) is 5.75 Å². The van der Waals surface area contributed by atoms with Crippen molar-refractivity contribution < 1.29 is 9.26 Å². The van der Waals surface area contributed by atoms with Crippen molar-refractivity contribution in [2.45, 2.75) is 52.3 Å². The second-order valence-electron chi connectivity index (χ2n) is 6.30. The molecule has 112 valence electrons. The van der Waals surface area contributed by atoms with E-state index in [0.29, 0.717) is 0 Å². The molecule has 2 heterocycles. The number of aromatic nitrogens is 1. The van der Waals surface area contributed by atoms with E-state index in [9.17, 15) is 0 Å². The van der Waals surface area contributed by atoms with Gasteiger partial charge >= 0.3 is 0 Å². The van der Waals surface area contributed by atoms with Crippen LogP contribution >= 0.6 is 0 Å². The smallest absolute Gasteiger partial charge is 0.138 e. The lowest BCUT2D eigenvalue weighted by atomic mass is 9.92. The molecule has 1 aliphatic heterocycles. The summed E-state index contributed by atoms with van der Waals surface area (Å²) in [6, 6.07) is 8.50. The monoisotopic (exact) mass is 286 g/mol. The minimum Gasteiger partial charge on any atom is -0.486 e. The number of rotatable bonds is 3. The van der Waals surface area contributed by atoms with Gasteiger partial charge in [0.15, 0.2) is 0 Å². The van der Waals surface area contributed by atoms with Crippen LogP contribution in [0.1, 0.15) is 55.4 Å². The summed E-state index contributed by atoms with van der Waals surface area (Å²) in [7, 11) is 0. The van der Waals surface area contributed by atoms with Gasteiger partial charge in [-0.3, -0.25) is 5.32 Å². The Morgan fingerprint density at radius 3 is 2.62 bits per heavy atom. The fraction of sp³-hybridized carbons (Fsp3) is 0.471. The van der Waals surface area contributed by atoms with Crippen LogP contribution in [-0.4, -0.2) is 10.8 Å². The van der Waals surface area contributed by atoms with Gasteiger partial charge in [-0.25, -0.2) is 0 Å². The molecule has 1 aromatic carbocycles. The highest BCUT2D eigenvalue weighted by molar-refractivity contribution is 5.42. The van der Waals surface area contributed by atoms with Crippen molar-refractivity contribution in [2.24, 2.45) is 0 Å². The maximum absolute atomic E-state index is 6.08. The van der Waals surface area contributed by atoms with Crippen LogP contribution in [0, 0.1) is 13.8 Å². The highest BCUT2D eigenvalue weighted by Crippen LogP contribution is 2.44. The molecule has 1 aromatic heterocycles. The number of nitrogens with one attached hydrogen (secondary N) is 1. The standard InChI is InChI=1S/C17H22N2O2/c1-10(15-11(2)19-21-12(15)3)18-16-13-8-6-7-9-14(13)20-17(16,4)5/h6-10,16,18H,1-5H3. The van der Waals surface area contributed by atoms with E-state index in [1.807, 2.05) is 26.0 Å². The van der Waals surface area contributed by atoms with E-state index in [0.717, 1.165) is 22.8 Å². The minimum absolute atomic E-state index is 0.136. The lowest BCUT2D eigenvalue weighted by Crippen LogP contribution is -2.40. The van der Waals surface area contributed by atoms with Gasteiger partial charge in [0, 0.05) is 17.2 Å². The number of hydrogen-bond donors (Lipinski definition) is 1. The Labute approximate surface area is 125 Å². The largest absolute Gasteiger partial charge is 0.486 e. The molecule has 4 nitrogen and oxygen atoms in total. The van der Waals surface area contributed by atoms with Crippen molar-refractivity contribution >= 4 is 0 Å². The molecule has 2 unspecified atom stereocenters. The second kappa shape index (κ2) is 4.88. The Balaban J connectivity index is 1.90. The van der Waals surface area contributed by atoms with E-state index in [2.05, 4.69) is 43.4 Å². The van der Waals surface area contributed by atoms with E-state index in [1.165, 1.54) is 5.56 Å². The van der Waals surface area contributed by atoms with Crippen LogP contribution < -0.4 is 10.1 Å². The summed E-state index contributed by atoms with van der Waals surface area (Å²) in [6.07, 6.45) is 0. The second-order valence-corrected chi connectivity index (χ2v) is 6.30. The third-order valence-corrected chi connectivity index (χ3v) is 4.24. The summed E-state index contributed by atoms with van der Waals surface area (Å²) in [6.45, 7) is 10.3. The topological polar surface area (TPSA) is 47.3 Å². The van der Waals surface area contributed by atoms with Crippen molar-refractivity contribution in [1.29, 1.82) is 0 Å². The molecule has 3 rings (SSSR count). The van der Waals surface area contributed by atoms with Gasteiger partial charge in [0.25, 0.3) is 0 Å². The normalized spacial score (nSPS) is 20.9. The molecule has 4 heteroatoms. The van der Waals surface area contributed by atoms with E-state index in [-0.39, 0.29) is 17.7 Å². The molecule has 0 spiro atoms.